The number of nitrogens with one attached hydrogen (secondary N) is 1. The molecular weight excluding hydrogens is 377 g/mol. The van der Waals surface area contributed by atoms with Crippen LogP contribution >= 0.6 is 0 Å². The fraction of sp³-hybridized carbons (Fsp3) is 0.130. The Morgan fingerprint density at radius 3 is 2.17 bits per heavy atom. The molecule has 3 nitrogen and oxygen atoms in total. The molecule has 0 radical (unpaired) electrons. The standard InChI is InChI=1S/C23H17F3N2O/c1-15-10-18(11-16(2)27-15)19-12-20(23(24,25)26)14-21(13-19)28-22(29)9-8-17-6-4-3-5-7-17/h3-7,10-14H,1-2H3,(H,28,29). The van der Waals surface area contributed by atoms with E-state index in [-0.39, 0.29) is 5.69 Å². The molecule has 0 saturated heterocycles. The highest BCUT2D eigenvalue weighted by atomic mass is 19.4. The minimum Gasteiger partial charge on any atom is -0.315 e. The van der Waals surface area contributed by atoms with E-state index in [0.29, 0.717) is 28.1 Å². The van der Waals surface area contributed by atoms with Crippen LogP contribution in [0.1, 0.15) is 22.5 Å². The van der Waals surface area contributed by atoms with Gasteiger partial charge < -0.3 is 5.32 Å². The van der Waals surface area contributed by atoms with Crippen LogP contribution < -0.4 is 5.32 Å². The maximum Gasteiger partial charge on any atom is 0.416 e. The zero-order valence-electron chi connectivity index (χ0n) is 15.8. The lowest BCUT2D eigenvalue weighted by Crippen LogP contribution is -2.11. The number of carbonyl (C=O) groups excluding carboxylic acids is 1. The van der Waals surface area contributed by atoms with Gasteiger partial charge in [0.1, 0.15) is 0 Å². The highest BCUT2D eigenvalue weighted by Gasteiger charge is 2.31. The Morgan fingerprint density at radius 2 is 1.55 bits per heavy atom. The Kier molecular flexibility index (Phi) is 5.69. The quantitative estimate of drug-likeness (QED) is 0.594. The third-order valence-corrected chi connectivity index (χ3v) is 4.03. The van der Waals surface area contributed by atoms with Crippen LogP contribution in [0.15, 0.2) is 60.7 Å². The van der Waals surface area contributed by atoms with Crippen LogP contribution in [0.2, 0.25) is 0 Å². The van der Waals surface area contributed by atoms with E-state index in [1.807, 2.05) is 6.07 Å². The molecule has 0 bridgehead atoms. The first kappa shape index (κ1) is 20.2. The number of nitrogens with zero attached hydrogens (tertiary/aromatic N) is 1. The average molecular weight is 394 g/mol. The molecule has 146 valence electrons. The number of hydrogen-bond acceptors (Lipinski definition) is 2. The summed E-state index contributed by atoms with van der Waals surface area (Å²) in [7, 11) is 0. The summed E-state index contributed by atoms with van der Waals surface area (Å²) in [4.78, 5) is 16.4. The molecule has 0 saturated carbocycles. The maximum absolute atomic E-state index is 13.4. The zero-order valence-corrected chi connectivity index (χ0v) is 15.8. The van der Waals surface area contributed by atoms with Gasteiger partial charge in [-0.3, -0.25) is 9.78 Å². The van der Waals surface area contributed by atoms with Gasteiger partial charge in [-0.05, 0) is 67.4 Å². The molecule has 6 heteroatoms. The normalized spacial score (nSPS) is 10.8. The second kappa shape index (κ2) is 8.19. The van der Waals surface area contributed by atoms with Gasteiger partial charge in [0.2, 0.25) is 0 Å². The van der Waals surface area contributed by atoms with Crippen LogP contribution in [0, 0.1) is 25.7 Å². The summed E-state index contributed by atoms with van der Waals surface area (Å²) in [6, 6.07) is 15.7. The number of aryl methyl sites for hydroxylation is 2. The van der Waals surface area contributed by atoms with Crippen LogP contribution in [0.25, 0.3) is 11.1 Å². The monoisotopic (exact) mass is 394 g/mol. The number of rotatable bonds is 2. The number of hydrogen-bond donors (Lipinski definition) is 1. The van der Waals surface area contributed by atoms with Crippen molar-refractivity contribution in [2.45, 2.75) is 20.0 Å². The van der Waals surface area contributed by atoms with Crippen LogP contribution in [0.5, 0.6) is 0 Å². The molecule has 0 spiro atoms. The van der Waals surface area contributed by atoms with Crippen molar-refractivity contribution in [3.8, 4) is 23.0 Å². The fourth-order valence-corrected chi connectivity index (χ4v) is 2.84. The topological polar surface area (TPSA) is 42.0 Å². The summed E-state index contributed by atoms with van der Waals surface area (Å²) in [6.07, 6.45) is -4.55. The smallest absolute Gasteiger partial charge is 0.315 e. The molecule has 0 fully saturated rings. The molecule has 0 aliphatic rings. The lowest BCUT2D eigenvalue weighted by atomic mass is 10.0. The van der Waals surface area contributed by atoms with Gasteiger partial charge in [0.05, 0.1) is 5.56 Å². The van der Waals surface area contributed by atoms with E-state index in [1.54, 1.807) is 50.2 Å². The van der Waals surface area contributed by atoms with Crippen LogP contribution in [0.4, 0.5) is 18.9 Å². The van der Waals surface area contributed by atoms with Crippen LogP contribution in [-0.4, -0.2) is 10.9 Å². The van der Waals surface area contributed by atoms with E-state index in [4.69, 9.17) is 0 Å². The first-order chi connectivity index (χ1) is 13.7. The van der Waals surface area contributed by atoms with E-state index in [1.165, 1.54) is 6.07 Å². The molecule has 1 amide bonds. The third-order valence-electron chi connectivity index (χ3n) is 4.03. The maximum atomic E-state index is 13.4. The van der Waals surface area contributed by atoms with Gasteiger partial charge in [0.15, 0.2) is 0 Å². The highest BCUT2D eigenvalue weighted by Crippen LogP contribution is 2.35. The number of amides is 1. The van der Waals surface area contributed by atoms with Gasteiger partial charge in [-0.2, -0.15) is 13.2 Å². The van der Waals surface area contributed by atoms with E-state index in [9.17, 15) is 18.0 Å². The number of aromatic nitrogens is 1. The molecule has 3 aromatic rings. The van der Waals surface area contributed by atoms with Gasteiger partial charge in [0, 0.05) is 28.6 Å². The summed E-state index contributed by atoms with van der Waals surface area (Å²) < 4.78 is 40.1. The summed E-state index contributed by atoms with van der Waals surface area (Å²) >= 11 is 0. The van der Waals surface area contributed by atoms with Crippen LogP contribution in [-0.2, 0) is 11.0 Å². The third kappa shape index (κ3) is 5.45. The summed E-state index contributed by atoms with van der Waals surface area (Å²) in [5.41, 5.74) is 2.11. The molecule has 1 aromatic heterocycles. The van der Waals surface area contributed by atoms with Crippen molar-refractivity contribution >= 4 is 11.6 Å². The molecule has 0 aliphatic carbocycles. The molecule has 3 rings (SSSR count). The van der Waals surface area contributed by atoms with Crippen molar-refractivity contribution in [1.82, 2.24) is 4.98 Å². The van der Waals surface area contributed by atoms with Gasteiger partial charge in [-0.1, -0.05) is 24.1 Å². The van der Waals surface area contributed by atoms with Gasteiger partial charge >= 0.3 is 12.1 Å². The Bertz CT molecular complexity index is 1090. The second-order valence-corrected chi connectivity index (χ2v) is 6.51. The van der Waals surface area contributed by atoms with Crippen molar-refractivity contribution < 1.29 is 18.0 Å². The number of halogens is 3. The number of anilines is 1. The predicted octanol–water partition coefficient (Wildman–Crippen LogP) is 5.37. The molecule has 2 aromatic carbocycles. The summed E-state index contributed by atoms with van der Waals surface area (Å²) in [5, 5.41) is 2.44. The number of carbonyl (C=O) groups is 1. The first-order valence-corrected chi connectivity index (χ1v) is 8.77. The van der Waals surface area contributed by atoms with E-state index in [0.717, 1.165) is 12.1 Å². The number of alkyl halides is 3. The Labute approximate surface area is 166 Å². The summed E-state index contributed by atoms with van der Waals surface area (Å²) in [6.45, 7) is 3.54. The van der Waals surface area contributed by atoms with Crippen molar-refractivity contribution in [2.24, 2.45) is 0 Å². The molecule has 1 heterocycles. The summed E-state index contributed by atoms with van der Waals surface area (Å²) in [5.74, 6) is 4.38. The second-order valence-electron chi connectivity index (χ2n) is 6.51. The molecule has 1 N–H and O–H groups in total. The van der Waals surface area contributed by atoms with Crippen molar-refractivity contribution in [2.75, 3.05) is 5.32 Å². The Morgan fingerprint density at radius 1 is 0.931 bits per heavy atom. The molecule has 29 heavy (non-hydrogen) atoms. The molecule has 0 aliphatic heterocycles. The minimum absolute atomic E-state index is 0.0225. The average Bonchev–Trinajstić information content (AvgIpc) is 2.65. The van der Waals surface area contributed by atoms with Crippen LogP contribution in [0.3, 0.4) is 0 Å². The number of benzene rings is 2. The van der Waals surface area contributed by atoms with Gasteiger partial charge in [0.25, 0.3) is 0 Å². The van der Waals surface area contributed by atoms with Crippen molar-refractivity contribution in [3.63, 3.8) is 0 Å². The minimum atomic E-state index is -4.55. The SMILES string of the molecule is Cc1cc(-c2cc(NC(=O)C#Cc3ccccc3)cc(C(F)(F)F)c2)cc(C)n1. The lowest BCUT2D eigenvalue weighted by molar-refractivity contribution is -0.137. The van der Waals surface area contributed by atoms with Gasteiger partial charge in [-0.15, -0.1) is 0 Å². The van der Waals surface area contributed by atoms with E-state index >= 15 is 0 Å². The molecule has 0 atom stereocenters. The fourth-order valence-electron chi connectivity index (χ4n) is 2.84. The van der Waals surface area contributed by atoms with Crippen molar-refractivity contribution in [1.29, 1.82) is 0 Å². The Hall–Kier alpha value is -3.59. The molecule has 0 unspecified atom stereocenters. The number of pyridine rings is 1. The zero-order chi connectivity index (χ0) is 21.0. The Balaban J connectivity index is 1.96. The highest BCUT2D eigenvalue weighted by molar-refractivity contribution is 6.04. The molecular formula is C23H17F3N2O. The largest absolute Gasteiger partial charge is 0.416 e. The lowest BCUT2D eigenvalue weighted by Gasteiger charge is -2.13. The van der Waals surface area contributed by atoms with E-state index < -0.39 is 17.6 Å². The predicted molar refractivity (Wildman–Crippen MR) is 106 cm³/mol. The first-order valence-electron chi connectivity index (χ1n) is 8.77. The van der Waals surface area contributed by atoms with Crippen molar-refractivity contribution in [3.05, 3.63) is 83.2 Å². The van der Waals surface area contributed by atoms with E-state index in [2.05, 4.69) is 22.1 Å². The van der Waals surface area contributed by atoms with Gasteiger partial charge in [-0.25, -0.2) is 0 Å².